The molecule has 0 aromatic heterocycles. The van der Waals surface area contributed by atoms with Crippen molar-refractivity contribution < 1.29 is 30.0 Å². The van der Waals surface area contributed by atoms with Gasteiger partial charge in [-0.3, -0.25) is 0 Å². The van der Waals surface area contributed by atoms with Crippen molar-refractivity contribution in [2.75, 3.05) is 18.6 Å². The van der Waals surface area contributed by atoms with Gasteiger partial charge in [-0.15, -0.1) is 0 Å². The highest BCUT2D eigenvalue weighted by molar-refractivity contribution is 7.96. The van der Waals surface area contributed by atoms with Crippen LogP contribution in [0.5, 0.6) is 5.75 Å². The zero-order valence-electron chi connectivity index (χ0n) is 15.6. The molecule has 0 radical (unpaired) electrons. The summed E-state index contributed by atoms with van der Waals surface area (Å²) in [7, 11) is -9.88. The van der Waals surface area contributed by atoms with Gasteiger partial charge in [0.05, 0.1) is 33.7 Å². The van der Waals surface area contributed by atoms with Gasteiger partial charge in [0.15, 0.2) is 19.7 Å². The van der Waals surface area contributed by atoms with E-state index in [0.717, 1.165) is 6.07 Å². The Morgan fingerprint density at radius 2 is 1.72 bits per heavy atom. The number of methoxy groups -OCH3 is 1. The molecule has 2 aromatic carbocycles. The molecule has 3 rings (SSSR count). The Hall–Kier alpha value is -1.95. The first-order chi connectivity index (χ1) is 13.5. The van der Waals surface area contributed by atoms with Crippen molar-refractivity contribution in [2.24, 2.45) is 0 Å². The highest BCUT2D eigenvalue weighted by Gasteiger charge is 2.38. The van der Waals surface area contributed by atoms with Crippen LogP contribution in [0.15, 0.2) is 58.3 Å². The summed E-state index contributed by atoms with van der Waals surface area (Å²) < 4.78 is 81.8. The molecule has 158 valence electrons. The highest BCUT2D eigenvalue weighted by Crippen LogP contribution is 2.27. The summed E-state index contributed by atoms with van der Waals surface area (Å²) in [5.41, 5.74) is 0.624. The predicted molar refractivity (Wildman–Crippen MR) is 108 cm³/mol. The summed E-state index contributed by atoms with van der Waals surface area (Å²) in [5, 5.41) is -1.06. The maximum absolute atomic E-state index is 12.8. The molecule has 1 N–H and O–H groups in total. The molecule has 0 saturated carbocycles. The van der Waals surface area contributed by atoms with Crippen LogP contribution in [0.25, 0.3) is 0 Å². The summed E-state index contributed by atoms with van der Waals surface area (Å²) in [6.45, 7) is -0.0375. The van der Waals surface area contributed by atoms with Crippen LogP contribution in [0.4, 0.5) is 0 Å². The van der Waals surface area contributed by atoms with E-state index in [2.05, 4.69) is 4.72 Å². The molecule has 0 unspecified atom stereocenters. The smallest absolute Gasteiger partial charge is 0.240 e. The first-order valence-corrected chi connectivity index (χ1v) is 13.6. The van der Waals surface area contributed by atoms with E-state index in [4.69, 9.17) is 4.74 Å². The first kappa shape index (κ1) is 21.8. The quantitative estimate of drug-likeness (QED) is 0.658. The second kappa shape index (κ2) is 8.05. The molecule has 29 heavy (non-hydrogen) atoms. The van der Waals surface area contributed by atoms with E-state index in [0.29, 0.717) is 11.3 Å². The molecule has 1 atom stereocenters. The van der Waals surface area contributed by atoms with Gasteiger partial charge >= 0.3 is 0 Å². The third-order valence-corrected chi connectivity index (χ3v) is 10.3. The van der Waals surface area contributed by atoms with Crippen molar-refractivity contribution in [1.82, 2.24) is 4.72 Å². The van der Waals surface area contributed by atoms with Crippen LogP contribution in [0.1, 0.15) is 12.0 Å². The van der Waals surface area contributed by atoms with E-state index in [1.807, 2.05) is 0 Å². The average molecular weight is 460 g/mol. The van der Waals surface area contributed by atoms with Crippen molar-refractivity contribution in [2.45, 2.75) is 28.0 Å². The predicted octanol–water partition coefficient (Wildman–Crippen LogP) is 1.13. The van der Waals surface area contributed by atoms with Crippen LogP contribution in [0.3, 0.4) is 0 Å². The molecule has 1 aliphatic rings. The largest absolute Gasteiger partial charge is 0.496 e. The second-order valence-electron chi connectivity index (χ2n) is 6.68. The Morgan fingerprint density at radius 1 is 1.03 bits per heavy atom. The fourth-order valence-electron chi connectivity index (χ4n) is 3.12. The highest BCUT2D eigenvalue weighted by atomic mass is 32.2. The summed E-state index contributed by atoms with van der Waals surface area (Å²) in [6.07, 6.45) is 0.00763. The van der Waals surface area contributed by atoms with Gasteiger partial charge in [0.2, 0.25) is 10.0 Å². The normalized spacial score (nSPS) is 19.1. The van der Waals surface area contributed by atoms with E-state index < -0.39 is 40.7 Å². The minimum absolute atomic E-state index is 0.00763. The zero-order valence-corrected chi connectivity index (χ0v) is 18.1. The summed E-state index contributed by atoms with van der Waals surface area (Å²) in [6, 6.07) is 11.9. The van der Waals surface area contributed by atoms with Gasteiger partial charge in [0.25, 0.3) is 0 Å². The number of para-hydroxylation sites is 1. The number of hydrogen-bond donors (Lipinski definition) is 1. The number of hydrogen-bond acceptors (Lipinski definition) is 7. The Labute approximate surface area is 170 Å². The number of nitrogens with one attached hydrogen (secondary N) is 1. The Bertz CT molecular complexity index is 1220. The molecule has 0 amide bonds. The van der Waals surface area contributed by atoms with Gasteiger partial charge in [-0.25, -0.2) is 30.0 Å². The Kier molecular flexibility index (Phi) is 6.04. The molecule has 8 nitrogen and oxygen atoms in total. The number of sulfone groups is 2. The van der Waals surface area contributed by atoms with Gasteiger partial charge in [-0.05, 0) is 30.7 Å². The summed E-state index contributed by atoms with van der Waals surface area (Å²) in [4.78, 5) is -0.422. The van der Waals surface area contributed by atoms with Crippen molar-refractivity contribution in [3.8, 4) is 5.75 Å². The van der Waals surface area contributed by atoms with Crippen LogP contribution in [0.2, 0.25) is 0 Å². The molecule has 0 bridgehead atoms. The molecular weight excluding hydrogens is 438 g/mol. The van der Waals surface area contributed by atoms with Crippen molar-refractivity contribution in [3.05, 3.63) is 54.1 Å². The monoisotopic (exact) mass is 459 g/mol. The lowest BCUT2D eigenvalue weighted by molar-refractivity contribution is 0.409. The molecule has 1 saturated heterocycles. The molecule has 1 fully saturated rings. The lowest BCUT2D eigenvalue weighted by Gasteiger charge is -2.13. The second-order valence-corrected chi connectivity index (χ2v) is 12.9. The van der Waals surface area contributed by atoms with E-state index in [9.17, 15) is 25.3 Å². The molecule has 2 aromatic rings. The molecule has 0 spiro atoms. The SMILES string of the molecule is COc1ccccc1CNS(=O)(=O)c1cccc(S(=O)(=O)[C@@H]2CCS(=O)(=O)C2)c1. The fraction of sp³-hybridized carbons (Fsp3) is 0.333. The van der Waals surface area contributed by atoms with E-state index >= 15 is 0 Å². The van der Waals surface area contributed by atoms with Crippen molar-refractivity contribution >= 4 is 29.7 Å². The van der Waals surface area contributed by atoms with Crippen molar-refractivity contribution in [1.29, 1.82) is 0 Å². The standard InChI is InChI=1S/C18H21NO7S3/c1-26-18-8-3-2-5-14(18)12-19-29(24,25)16-7-4-6-15(11-16)28(22,23)17-9-10-27(20,21)13-17/h2-8,11,17,19H,9-10,12-13H2,1H3/t17-/m1/s1. The Morgan fingerprint density at radius 3 is 2.38 bits per heavy atom. The van der Waals surface area contributed by atoms with Gasteiger partial charge in [-0.2, -0.15) is 0 Å². The minimum Gasteiger partial charge on any atom is -0.496 e. The van der Waals surface area contributed by atoms with Gasteiger partial charge < -0.3 is 4.74 Å². The lowest BCUT2D eigenvalue weighted by Crippen LogP contribution is -2.25. The molecule has 1 heterocycles. The lowest BCUT2D eigenvalue weighted by atomic mass is 10.2. The number of benzene rings is 2. The van der Waals surface area contributed by atoms with Crippen LogP contribution < -0.4 is 9.46 Å². The third kappa shape index (κ3) is 4.80. The number of ether oxygens (including phenoxy) is 1. The molecular formula is C18H21NO7S3. The Balaban J connectivity index is 1.84. The van der Waals surface area contributed by atoms with Crippen LogP contribution in [0, 0.1) is 0 Å². The van der Waals surface area contributed by atoms with Crippen LogP contribution >= 0.6 is 0 Å². The molecule has 11 heteroatoms. The maximum atomic E-state index is 12.8. The van der Waals surface area contributed by atoms with E-state index in [1.165, 1.54) is 25.3 Å². The summed E-state index contributed by atoms with van der Waals surface area (Å²) >= 11 is 0. The molecule has 1 aliphatic heterocycles. The number of sulfonamides is 1. The molecule has 0 aliphatic carbocycles. The van der Waals surface area contributed by atoms with Crippen LogP contribution in [-0.4, -0.2) is 49.1 Å². The van der Waals surface area contributed by atoms with E-state index in [1.54, 1.807) is 24.3 Å². The topological polar surface area (TPSA) is 124 Å². The van der Waals surface area contributed by atoms with Crippen LogP contribution in [-0.2, 0) is 36.2 Å². The first-order valence-electron chi connectivity index (χ1n) is 8.71. The average Bonchev–Trinajstić information content (AvgIpc) is 3.07. The van der Waals surface area contributed by atoms with Crippen molar-refractivity contribution in [3.63, 3.8) is 0 Å². The van der Waals surface area contributed by atoms with Gasteiger partial charge in [-0.1, -0.05) is 24.3 Å². The van der Waals surface area contributed by atoms with E-state index in [-0.39, 0.29) is 28.5 Å². The maximum Gasteiger partial charge on any atom is 0.240 e. The minimum atomic E-state index is -4.00. The van der Waals surface area contributed by atoms with Gasteiger partial charge in [0.1, 0.15) is 5.75 Å². The summed E-state index contributed by atoms with van der Waals surface area (Å²) in [5.74, 6) is -0.109. The zero-order chi connectivity index (χ0) is 21.3. The number of rotatable bonds is 7. The van der Waals surface area contributed by atoms with Gasteiger partial charge in [0, 0.05) is 12.1 Å². The third-order valence-electron chi connectivity index (χ3n) is 4.72. The fourth-order valence-corrected chi connectivity index (χ4v) is 8.65.